The lowest BCUT2D eigenvalue weighted by Crippen LogP contribution is -2.51. The average molecular weight is 591 g/mol. The number of rotatable bonds is 11. The largest absolute Gasteiger partial charge is 0.354 e. The Morgan fingerprint density at radius 2 is 1.54 bits per heavy atom. The van der Waals surface area contributed by atoms with Gasteiger partial charge in [-0.15, -0.1) is 0 Å². The van der Waals surface area contributed by atoms with Crippen LogP contribution in [0.15, 0.2) is 77.7 Å². The first-order valence-corrected chi connectivity index (χ1v) is 14.8. The molecule has 208 valence electrons. The number of aryl methyl sites for hydroxylation is 1. The Kier molecular flexibility index (Phi) is 10.4. The third-order valence-corrected chi connectivity index (χ3v) is 8.78. The van der Waals surface area contributed by atoms with Gasteiger partial charge in [-0.2, -0.15) is 0 Å². The van der Waals surface area contributed by atoms with E-state index in [1.54, 1.807) is 25.1 Å². The molecule has 0 heterocycles. The zero-order valence-electron chi connectivity index (χ0n) is 22.4. The highest BCUT2D eigenvalue weighted by Crippen LogP contribution is 2.31. The smallest absolute Gasteiger partial charge is 0.264 e. The highest BCUT2D eigenvalue weighted by Gasteiger charge is 2.33. The monoisotopic (exact) mass is 589 g/mol. The lowest BCUT2D eigenvalue weighted by atomic mass is 10.1. The van der Waals surface area contributed by atoms with Crippen molar-refractivity contribution in [3.63, 3.8) is 0 Å². The third kappa shape index (κ3) is 7.75. The summed E-state index contributed by atoms with van der Waals surface area (Å²) in [6.07, 6.45) is 0. The zero-order valence-corrected chi connectivity index (χ0v) is 24.7. The van der Waals surface area contributed by atoms with E-state index in [1.165, 1.54) is 35.2 Å². The van der Waals surface area contributed by atoms with Crippen molar-refractivity contribution in [2.75, 3.05) is 17.4 Å². The topological polar surface area (TPSA) is 86.8 Å². The van der Waals surface area contributed by atoms with E-state index >= 15 is 0 Å². The summed E-state index contributed by atoms with van der Waals surface area (Å²) < 4.78 is 28.6. The molecular weight excluding hydrogens is 557 g/mol. The molecule has 3 aromatic rings. The van der Waals surface area contributed by atoms with Gasteiger partial charge in [-0.05, 0) is 61.2 Å². The predicted molar refractivity (Wildman–Crippen MR) is 156 cm³/mol. The number of amides is 2. The molecule has 0 radical (unpaired) electrons. The highest BCUT2D eigenvalue weighted by molar-refractivity contribution is 7.92. The van der Waals surface area contributed by atoms with Crippen LogP contribution in [-0.2, 0) is 26.2 Å². The van der Waals surface area contributed by atoms with Gasteiger partial charge in [-0.3, -0.25) is 13.9 Å². The Hall–Kier alpha value is -3.07. The maximum absolute atomic E-state index is 13.9. The molecule has 0 aliphatic rings. The second-order valence-corrected chi connectivity index (χ2v) is 12.4. The van der Waals surface area contributed by atoms with Crippen molar-refractivity contribution in [2.24, 2.45) is 5.92 Å². The van der Waals surface area contributed by atoms with Gasteiger partial charge in [0.05, 0.1) is 20.6 Å². The van der Waals surface area contributed by atoms with Crippen LogP contribution in [0.1, 0.15) is 31.9 Å². The number of hydrogen-bond donors (Lipinski definition) is 1. The fourth-order valence-electron chi connectivity index (χ4n) is 3.89. The Labute approximate surface area is 240 Å². The Bertz CT molecular complexity index is 1420. The summed E-state index contributed by atoms with van der Waals surface area (Å²) in [6, 6.07) is 18.9. The van der Waals surface area contributed by atoms with Crippen LogP contribution in [0.3, 0.4) is 0 Å². The van der Waals surface area contributed by atoms with Crippen LogP contribution >= 0.6 is 23.2 Å². The lowest BCUT2D eigenvalue weighted by Gasteiger charge is -2.32. The molecule has 0 bridgehead atoms. The van der Waals surface area contributed by atoms with Crippen LogP contribution in [0.25, 0.3) is 0 Å². The van der Waals surface area contributed by atoms with E-state index in [2.05, 4.69) is 5.32 Å². The molecule has 2 amide bonds. The van der Waals surface area contributed by atoms with Gasteiger partial charge in [0.2, 0.25) is 11.8 Å². The quantitative estimate of drug-likeness (QED) is 0.311. The van der Waals surface area contributed by atoms with Crippen molar-refractivity contribution in [3.8, 4) is 0 Å². The minimum absolute atomic E-state index is 0.0112. The van der Waals surface area contributed by atoms with Gasteiger partial charge in [0.15, 0.2) is 0 Å². The first-order valence-electron chi connectivity index (χ1n) is 12.6. The Morgan fingerprint density at radius 3 is 2.15 bits per heavy atom. The molecule has 0 aliphatic carbocycles. The van der Waals surface area contributed by atoms with Crippen molar-refractivity contribution >= 4 is 50.7 Å². The van der Waals surface area contributed by atoms with Crippen LogP contribution in [0, 0.1) is 12.8 Å². The highest BCUT2D eigenvalue weighted by atomic mass is 35.5. The minimum Gasteiger partial charge on any atom is -0.354 e. The van der Waals surface area contributed by atoms with Crippen molar-refractivity contribution in [2.45, 2.75) is 45.2 Å². The van der Waals surface area contributed by atoms with E-state index in [-0.39, 0.29) is 39.0 Å². The molecule has 0 aromatic heterocycles. The van der Waals surface area contributed by atoms with Crippen LogP contribution in [0.4, 0.5) is 5.69 Å². The first-order chi connectivity index (χ1) is 18.4. The SMILES string of the molecule is Cc1ccccc1CN(C(=O)CN(c1ccc(Cl)c(Cl)c1)S(=O)(=O)c1ccccc1)[C@H](C)C(=O)NCC(C)C. The maximum atomic E-state index is 13.9. The molecule has 10 heteroatoms. The number of carbonyl (C=O) groups is 2. The number of halogens is 2. The second kappa shape index (κ2) is 13.3. The van der Waals surface area contributed by atoms with Crippen molar-refractivity contribution in [1.29, 1.82) is 0 Å². The summed E-state index contributed by atoms with van der Waals surface area (Å²) >= 11 is 12.3. The number of benzene rings is 3. The molecule has 1 N–H and O–H groups in total. The molecule has 0 aliphatic heterocycles. The van der Waals surface area contributed by atoms with E-state index < -0.39 is 28.5 Å². The number of anilines is 1. The normalized spacial score (nSPS) is 12.2. The number of carbonyl (C=O) groups excluding carboxylic acids is 2. The Balaban J connectivity index is 2.03. The van der Waals surface area contributed by atoms with Gasteiger partial charge < -0.3 is 10.2 Å². The number of nitrogens with zero attached hydrogens (tertiary/aromatic N) is 2. The number of sulfonamides is 1. The fraction of sp³-hybridized carbons (Fsp3) is 0.310. The maximum Gasteiger partial charge on any atom is 0.264 e. The van der Waals surface area contributed by atoms with Crippen LogP contribution in [0.5, 0.6) is 0 Å². The summed E-state index contributed by atoms with van der Waals surface area (Å²) in [6.45, 7) is 7.54. The summed E-state index contributed by atoms with van der Waals surface area (Å²) in [5.41, 5.74) is 1.97. The molecule has 3 rings (SSSR count). The van der Waals surface area contributed by atoms with Crippen LogP contribution in [0.2, 0.25) is 10.0 Å². The first kappa shape index (κ1) is 30.5. The summed E-state index contributed by atoms with van der Waals surface area (Å²) in [5, 5.41) is 3.27. The average Bonchev–Trinajstić information content (AvgIpc) is 2.91. The molecule has 0 saturated carbocycles. The van der Waals surface area contributed by atoms with Gasteiger partial charge in [0, 0.05) is 13.1 Å². The molecule has 0 spiro atoms. The summed E-state index contributed by atoms with van der Waals surface area (Å²) in [7, 11) is -4.18. The number of hydrogen-bond acceptors (Lipinski definition) is 4. The van der Waals surface area contributed by atoms with Gasteiger partial charge in [0.1, 0.15) is 12.6 Å². The van der Waals surface area contributed by atoms with E-state index in [4.69, 9.17) is 23.2 Å². The fourth-order valence-corrected chi connectivity index (χ4v) is 5.61. The molecule has 0 fully saturated rings. The molecule has 7 nitrogen and oxygen atoms in total. The van der Waals surface area contributed by atoms with Gasteiger partial charge in [-0.1, -0.05) is 79.5 Å². The molecule has 39 heavy (non-hydrogen) atoms. The summed E-state index contributed by atoms with van der Waals surface area (Å²) in [5.74, 6) is -0.642. The standard InChI is InChI=1S/C29H33Cl2N3O4S/c1-20(2)17-32-29(36)22(4)33(18-23-11-9-8-10-21(23)3)28(35)19-34(24-14-15-26(30)27(31)16-24)39(37,38)25-12-6-5-7-13-25/h5-16,20,22H,17-19H2,1-4H3,(H,32,36)/t22-/m1/s1. The second-order valence-electron chi connectivity index (χ2n) is 9.69. The summed E-state index contributed by atoms with van der Waals surface area (Å²) in [4.78, 5) is 28.4. The van der Waals surface area contributed by atoms with Crippen LogP contribution in [-0.4, -0.2) is 44.3 Å². The van der Waals surface area contributed by atoms with Crippen molar-refractivity contribution in [1.82, 2.24) is 10.2 Å². The van der Waals surface area contributed by atoms with E-state index in [1.807, 2.05) is 45.0 Å². The van der Waals surface area contributed by atoms with E-state index in [9.17, 15) is 18.0 Å². The predicted octanol–water partition coefficient (Wildman–Crippen LogP) is 5.69. The van der Waals surface area contributed by atoms with Gasteiger partial charge >= 0.3 is 0 Å². The van der Waals surface area contributed by atoms with Crippen LogP contribution < -0.4 is 9.62 Å². The molecule has 1 atom stereocenters. The van der Waals surface area contributed by atoms with Crippen molar-refractivity contribution in [3.05, 3.63) is 94.0 Å². The Morgan fingerprint density at radius 1 is 0.897 bits per heavy atom. The molecule has 0 saturated heterocycles. The molecule has 0 unspecified atom stereocenters. The third-order valence-electron chi connectivity index (χ3n) is 6.26. The molecular formula is C29H33Cl2N3O4S. The zero-order chi connectivity index (χ0) is 28.7. The van der Waals surface area contributed by atoms with E-state index in [0.717, 1.165) is 15.4 Å². The van der Waals surface area contributed by atoms with Gasteiger partial charge in [-0.25, -0.2) is 8.42 Å². The lowest BCUT2D eigenvalue weighted by molar-refractivity contribution is -0.139. The molecule has 3 aromatic carbocycles. The van der Waals surface area contributed by atoms with Crippen molar-refractivity contribution < 1.29 is 18.0 Å². The number of nitrogens with one attached hydrogen (secondary N) is 1. The van der Waals surface area contributed by atoms with Gasteiger partial charge in [0.25, 0.3) is 10.0 Å². The minimum atomic E-state index is -4.18. The van der Waals surface area contributed by atoms with E-state index in [0.29, 0.717) is 6.54 Å².